The predicted octanol–water partition coefficient (Wildman–Crippen LogP) is 3.16. The Morgan fingerprint density at radius 2 is 2.22 bits per heavy atom. The second-order valence-corrected chi connectivity index (χ2v) is 4.67. The molecule has 0 spiro atoms. The van der Waals surface area contributed by atoms with Crippen molar-refractivity contribution in [1.82, 2.24) is 4.90 Å². The van der Waals surface area contributed by atoms with Crippen molar-refractivity contribution in [1.29, 1.82) is 0 Å². The van der Waals surface area contributed by atoms with Gasteiger partial charge in [0.05, 0.1) is 11.4 Å². The Morgan fingerprint density at radius 3 is 2.72 bits per heavy atom. The second-order valence-electron chi connectivity index (χ2n) is 4.26. The minimum Gasteiger partial charge on any atom is -0.481 e. The van der Waals surface area contributed by atoms with Gasteiger partial charge in [-0.25, -0.2) is 4.39 Å². The molecule has 1 N–H and O–H groups in total. The Morgan fingerprint density at radius 1 is 1.56 bits per heavy atom. The standard InChI is InChI=1S/C13H17ClFNO2/c1-3-16(9(2)6-13(17)18)8-10-4-5-11(14)12(15)7-10/h4-5,7,9H,3,6,8H2,1-2H3,(H,17,18). The summed E-state index contributed by atoms with van der Waals surface area (Å²) in [4.78, 5) is 12.7. The fourth-order valence-electron chi connectivity index (χ4n) is 1.83. The number of rotatable bonds is 6. The quantitative estimate of drug-likeness (QED) is 0.865. The summed E-state index contributed by atoms with van der Waals surface area (Å²) < 4.78 is 13.3. The maximum atomic E-state index is 13.3. The molecular formula is C13H17ClFNO2. The molecule has 5 heteroatoms. The maximum absolute atomic E-state index is 13.3. The topological polar surface area (TPSA) is 40.5 Å². The van der Waals surface area contributed by atoms with Crippen LogP contribution in [0.3, 0.4) is 0 Å². The van der Waals surface area contributed by atoms with Gasteiger partial charge in [-0.1, -0.05) is 24.6 Å². The highest BCUT2D eigenvalue weighted by molar-refractivity contribution is 6.30. The third-order valence-electron chi connectivity index (χ3n) is 2.87. The summed E-state index contributed by atoms with van der Waals surface area (Å²) in [6.45, 7) is 5.02. The normalized spacial score (nSPS) is 12.7. The molecule has 18 heavy (non-hydrogen) atoms. The van der Waals surface area contributed by atoms with E-state index >= 15 is 0 Å². The van der Waals surface area contributed by atoms with Gasteiger partial charge in [-0.2, -0.15) is 0 Å². The van der Waals surface area contributed by atoms with Crippen molar-refractivity contribution in [2.75, 3.05) is 6.54 Å². The van der Waals surface area contributed by atoms with Gasteiger partial charge < -0.3 is 5.11 Å². The van der Waals surface area contributed by atoms with Gasteiger partial charge in [-0.3, -0.25) is 9.69 Å². The monoisotopic (exact) mass is 273 g/mol. The molecule has 3 nitrogen and oxygen atoms in total. The summed E-state index contributed by atoms with van der Waals surface area (Å²) >= 11 is 5.62. The molecule has 0 radical (unpaired) electrons. The van der Waals surface area contributed by atoms with Crippen LogP contribution in [0.15, 0.2) is 18.2 Å². The van der Waals surface area contributed by atoms with E-state index in [-0.39, 0.29) is 17.5 Å². The minimum atomic E-state index is -0.830. The van der Waals surface area contributed by atoms with Crippen molar-refractivity contribution in [2.24, 2.45) is 0 Å². The lowest BCUT2D eigenvalue weighted by Gasteiger charge is -2.26. The van der Waals surface area contributed by atoms with Crippen LogP contribution in [0.25, 0.3) is 0 Å². The Hall–Kier alpha value is -1.13. The Kier molecular flexibility index (Phi) is 5.56. The summed E-state index contributed by atoms with van der Waals surface area (Å²) in [5.74, 6) is -1.28. The summed E-state index contributed by atoms with van der Waals surface area (Å²) in [7, 11) is 0. The molecule has 1 rings (SSSR count). The average molecular weight is 274 g/mol. The highest BCUT2D eigenvalue weighted by atomic mass is 35.5. The van der Waals surface area contributed by atoms with Crippen LogP contribution in [-0.4, -0.2) is 28.6 Å². The van der Waals surface area contributed by atoms with Crippen LogP contribution in [0.4, 0.5) is 4.39 Å². The first-order valence-electron chi connectivity index (χ1n) is 5.83. The zero-order chi connectivity index (χ0) is 13.7. The lowest BCUT2D eigenvalue weighted by Crippen LogP contribution is -2.34. The third kappa shape index (κ3) is 4.27. The van der Waals surface area contributed by atoms with Gasteiger partial charge in [0, 0.05) is 12.6 Å². The van der Waals surface area contributed by atoms with Gasteiger partial charge in [-0.15, -0.1) is 0 Å². The summed E-state index contributed by atoms with van der Waals surface area (Å²) in [5, 5.41) is 8.87. The van der Waals surface area contributed by atoms with Gasteiger partial charge >= 0.3 is 5.97 Å². The number of carbonyl (C=O) groups is 1. The first kappa shape index (κ1) is 14.9. The molecule has 0 saturated carbocycles. The molecule has 1 unspecified atom stereocenters. The SMILES string of the molecule is CCN(Cc1ccc(Cl)c(F)c1)C(C)CC(=O)O. The zero-order valence-corrected chi connectivity index (χ0v) is 11.2. The number of aliphatic carboxylic acids is 1. The molecule has 100 valence electrons. The molecule has 0 heterocycles. The molecule has 0 saturated heterocycles. The van der Waals surface area contributed by atoms with E-state index in [1.807, 2.05) is 18.7 Å². The number of nitrogens with zero attached hydrogens (tertiary/aromatic N) is 1. The summed E-state index contributed by atoms with van der Waals surface area (Å²) in [5.41, 5.74) is 0.788. The third-order valence-corrected chi connectivity index (χ3v) is 3.18. The molecule has 0 aliphatic carbocycles. The van der Waals surface area contributed by atoms with Gasteiger partial charge in [0.15, 0.2) is 0 Å². The zero-order valence-electron chi connectivity index (χ0n) is 10.5. The lowest BCUT2D eigenvalue weighted by molar-refractivity contribution is -0.138. The van der Waals surface area contributed by atoms with Crippen molar-refractivity contribution in [3.05, 3.63) is 34.6 Å². The van der Waals surface area contributed by atoms with Crippen molar-refractivity contribution >= 4 is 17.6 Å². The molecular weight excluding hydrogens is 257 g/mol. The first-order valence-corrected chi connectivity index (χ1v) is 6.21. The number of hydrogen-bond acceptors (Lipinski definition) is 2. The Balaban J connectivity index is 2.72. The largest absolute Gasteiger partial charge is 0.481 e. The average Bonchev–Trinajstić information content (AvgIpc) is 2.29. The van der Waals surface area contributed by atoms with E-state index in [1.165, 1.54) is 12.1 Å². The van der Waals surface area contributed by atoms with Crippen LogP contribution in [0.1, 0.15) is 25.8 Å². The number of benzene rings is 1. The van der Waals surface area contributed by atoms with Gasteiger partial charge in [0.2, 0.25) is 0 Å². The van der Waals surface area contributed by atoms with E-state index in [4.69, 9.17) is 16.7 Å². The Labute approximate surface area is 111 Å². The number of carboxylic acids is 1. The lowest BCUT2D eigenvalue weighted by atomic mass is 10.1. The molecule has 1 atom stereocenters. The van der Waals surface area contributed by atoms with Gasteiger partial charge in [0.25, 0.3) is 0 Å². The van der Waals surface area contributed by atoms with Crippen LogP contribution in [0, 0.1) is 5.82 Å². The van der Waals surface area contributed by atoms with E-state index in [9.17, 15) is 9.18 Å². The predicted molar refractivity (Wildman–Crippen MR) is 69.2 cm³/mol. The van der Waals surface area contributed by atoms with Gasteiger partial charge in [-0.05, 0) is 31.2 Å². The van der Waals surface area contributed by atoms with E-state index in [2.05, 4.69) is 0 Å². The molecule has 0 amide bonds. The Bertz CT molecular complexity index is 425. The van der Waals surface area contributed by atoms with E-state index < -0.39 is 11.8 Å². The first-order chi connectivity index (χ1) is 8.43. The van der Waals surface area contributed by atoms with Crippen LogP contribution in [0.2, 0.25) is 5.02 Å². The molecule has 0 aromatic heterocycles. The van der Waals surface area contributed by atoms with Crippen LogP contribution in [0.5, 0.6) is 0 Å². The van der Waals surface area contributed by atoms with Crippen molar-refractivity contribution in [2.45, 2.75) is 32.9 Å². The molecule has 1 aromatic rings. The molecule has 0 fully saturated rings. The van der Waals surface area contributed by atoms with Crippen LogP contribution >= 0.6 is 11.6 Å². The highest BCUT2D eigenvalue weighted by Crippen LogP contribution is 2.18. The number of hydrogen-bond donors (Lipinski definition) is 1. The summed E-state index contributed by atoms with van der Waals surface area (Å²) in [6.07, 6.45) is 0.0733. The number of halogens is 2. The molecule has 1 aromatic carbocycles. The molecule has 0 bridgehead atoms. The van der Waals surface area contributed by atoms with E-state index in [0.29, 0.717) is 13.1 Å². The van der Waals surface area contributed by atoms with Crippen LogP contribution in [-0.2, 0) is 11.3 Å². The smallest absolute Gasteiger partial charge is 0.304 e. The van der Waals surface area contributed by atoms with Crippen molar-refractivity contribution < 1.29 is 14.3 Å². The summed E-state index contributed by atoms with van der Waals surface area (Å²) in [6, 6.07) is 4.56. The van der Waals surface area contributed by atoms with Crippen LogP contribution < -0.4 is 0 Å². The molecule has 0 aliphatic heterocycles. The number of carboxylic acid groups (broad SMARTS) is 1. The van der Waals surface area contributed by atoms with Crippen molar-refractivity contribution in [3.63, 3.8) is 0 Å². The second kappa shape index (κ2) is 6.71. The fourth-order valence-corrected chi connectivity index (χ4v) is 1.95. The van der Waals surface area contributed by atoms with Gasteiger partial charge in [0.1, 0.15) is 5.82 Å². The highest BCUT2D eigenvalue weighted by Gasteiger charge is 2.16. The molecule has 0 aliphatic rings. The maximum Gasteiger partial charge on any atom is 0.304 e. The minimum absolute atomic E-state index is 0.0733. The van der Waals surface area contributed by atoms with E-state index in [0.717, 1.165) is 5.56 Å². The van der Waals surface area contributed by atoms with E-state index in [1.54, 1.807) is 6.07 Å². The van der Waals surface area contributed by atoms with Crippen molar-refractivity contribution in [3.8, 4) is 0 Å². The fraction of sp³-hybridized carbons (Fsp3) is 0.462.